The number of benzene rings is 2. The Morgan fingerprint density at radius 3 is 2.36 bits per heavy atom. The molecule has 3 rings (SSSR count). The summed E-state index contributed by atoms with van der Waals surface area (Å²) in [7, 11) is 0. The van der Waals surface area contributed by atoms with Gasteiger partial charge in [0.15, 0.2) is 0 Å². The molecule has 1 amide bonds. The fraction of sp³-hybridized carbons (Fsp3) is 0.278. The van der Waals surface area contributed by atoms with Crippen molar-refractivity contribution < 1.29 is 14.8 Å². The molecule has 25 heavy (non-hydrogen) atoms. The van der Waals surface area contributed by atoms with Crippen molar-refractivity contribution in [2.75, 3.05) is 13.1 Å². The number of nitro benzene ring substituents is 1. The van der Waals surface area contributed by atoms with E-state index < -0.39 is 4.92 Å². The maximum atomic E-state index is 12.6. The van der Waals surface area contributed by atoms with Crippen molar-refractivity contribution in [2.24, 2.45) is 0 Å². The van der Waals surface area contributed by atoms with Crippen LogP contribution in [0.1, 0.15) is 34.7 Å². The summed E-state index contributed by atoms with van der Waals surface area (Å²) in [6.45, 7) is 1.19. The number of phenolic OH excluding ortho intramolecular Hbond substituents is 1. The first kappa shape index (κ1) is 17.2. The number of nitrogens with zero attached hydrogens (tertiary/aromatic N) is 2. The van der Waals surface area contributed by atoms with Gasteiger partial charge in [0.1, 0.15) is 5.75 Å². The molecule has 0 aromatic heterocycles. The molecule has 7 heteroatoms. The van der Waals surface area contributed by atoms with E-state index in [9.17, 15) is 20.0 Å². The number of amides is 1. The summed E-state index contributed by atoms with van der Waals surface area (Å²) in [5.41, 5.74) is 1.31. The summed E-state index contributed by atoms with van der Waals surface area (Å²) in [6.07, 6.45) is 1.64. The van der Waals surface area contributed by atoms with Crippen LogP contribution in [-0.2, 0) is 0 Å². The van der Waals surface area contributed by atoms with Crippen molar-refractivity contribution in [3.8, 4) is 5.75 Å². The summed E-state index contributed by atoms with van der Waals surface area (Å²) in [5.74, 6) is 0.380. The SMILES string of the molecule is O=C(c1ccc([N+](=O)[O-])cc1Cl)N1CCC(c2ccc(O)cc2)CC1. The number of rotatable bonds is 3. The Morgan fingerprint density at radius 1 is 1.16 bits per heavy atom. The number of halogens is 1. The second-order valence-electron chi connectivity index (χ2n) is 6.08. The number of hydrogen-bond acceptors (Lipinski definition) is 4. The van der Waals surface area contributed by atoms with Gasteiger partial charge in [0, 0.05) is 25.2 Å². The normalized spacial score (nSPS) is 15.2. The molecule has 2 aromatic carbocycles. The third-order valence-electron chi connectivity index (χ3n) is 4.54. The number of carbonyl (C=O) groups is 1. The van der Waals surface area contributed by atoms with E-state index in [2.05, 4.69) is 0 Å². The highest BCUT2D eigenvalue weighted by molar-refractivity contribution is 6.34. The fourth-order valence-electron chi connectivity index (χ4n) is 3.12. The van der Waals surface area contributed by atoms with E-state index >= 15 is 0 Å². The lowest BCUT2D eigenvalue weighted by atomic mass is 9.89. The zero-order valence-electron chi connectivity index (χ0n) is 13.4. The third kappa shape index (κ3) is 3.74. The minimum atomic E-state index is -0.538. The fourth-order valence-corrected chi connectivity index (χ4v) is 3.38. The molecule has 1 fully saturated rings. The van der Waals surface area contributed by atoms with Crippen LogP contribution in [0.4, 0.5) is 5.69 Å². The standard InChI is InChI=1S/C18H17ClN2O4/c19-17-11-14(21(24)25)3-6-16(17)18(23)20-9-7-13(8-10-20)12-1-4-15(22)5-2-12/h1-6,11,13,22H,7-10H2. The molecule has 0 radical (unpaired) electrons. The number of nitro groups is 1. The monoisotopic (exact) mass is 360 g/mol. The van der Waals surface area contributed by atoms with Gasteiger partial charge < -0.3 is 10.0 Å². The first-order chi connectivity index (χ1) is 12.0. The lowest BCUT2D eigenvalue weighted by molar-refractivity contribution is -0.384. The number of aromatic hydroxyl groups is 1. The largest absolute Gasteiger partial charge is 0.508 e. The van der Waals surface area contributed by atoms with Gasteiger partial charge in [-0.3, -0.25) is 14.9 Å². The molecule has 1 aliphatic heterocycles. The Bertz CT molecular complexity index is 799. The average Bonchev–Trinajstić information content (AvgIpc) is 2.62. The Labute approximate surface area is 149 Å². The molecule has 1 N–H and O–H groups in total. The molecular weight excluding hydrogens is 344 g/mol. The van der Waals surface area contributed by atoms with Crippen LogP contribution in [0.25, 0.3) is 0 Å². The zero-order valence-corrected chi connectivity index (χ0v) is 14.1. The number of carbonyl (C=O) groups excluding carboxylic acids is 1. The number of hydrogen-bond donors (Lipinski definition) is 1. The number of phenols is 1. The van der Waals surface area contributed by atoms with Gasteiger partial charge in [0.25, 0.3) is 11.6 Å². The van der Waals surface area contributed by atoms with Crippen LogP contribution >= 0.6 is 11.6 Å². The van der Waals surface area contributed by atoms with E-state index in [1.165, 1.54) is 18.2 Å². The minimum Gasteiger partial charge on any atom is -0.508 e. The maximum Gasteiger partial charge on any atom is 0.270 e. The molecule has 2 aromatic rings. The Balaban J connectivity index is 1.67. The van der Waals surface area contributed by atoms with Crippen molar-refractivity contribution in [1.29, 1.82) is 0 Å². The molecular formula is C18H17ClN2O4. The molecule has 1 saturated heterocycles. The molecule has 0 aliphatic carbocycles. The van der Waals surface area contributed by atoms with Crippen LogP contribution in [0.15, 0.2) is 42.5 Å². The molecule has 0 atom stereocenters. The van der Waals surface area contributed by atoms with Gasteiger partial charge in [0.05, 0.1) is 15.5 Å². The van der Waals surface area contributed by atoms with Crippen molar-refractivity contribution in [1.82, 2.24) is 4.90 Å². The quantitative estimate of drug-likeness (QED) is 0.663. The summed E-state index contributed by atoms with van der Waals surface area (Å²) < 4.78 is 0. The highest BCUT2D eigenvalue weighted by Crippen LogP contribution is 2.31. The molecule has 0 bridgehead atoms. The van der Waals surface area contributed by atoms with Gasteiger partial charge in [-0.2, -0.15) is 0 Å². The van der Waals surface area contributed by atoms with Gasteiger partial charge in [-0.1, -0.05) is 23.7 Å². The summed E-state index contributed by atoms with van der Waals surface area (Å²) in [6, 6.07) is 11.1. The van der Waals surface area contributed by atoms with Crippen LogP contribution in [0.5, 0.6) is 5.75 Å². The lowest BCUT2D eigenvalue weighted by Crippen LogP contribution is -2.38. The molecule has 1 heterocycles. The second-order valence-corrected chi connectivity index (χ2v) is 6.49. The Kier molecular flexibility index (Phi) is 4.90. The van der Waals surface area contributed by atoms with Crippen LogP contribution < -0.4 is 0 Å². The Hall–Kier alpha value is -2.60. The van der Waals surface area contributed by atoms with Gasteiger partial charge >= 0.3 is 0 Å². The first-order valence-corrected chi connectivity index (χ1v) is 8.35. The molecule has 0 spiro atoms. The van der Waals surface area contributed by atoms with Crippen LogP contribution in [0, 0.1) is 10.1 Å². The summed E-state index contributed by atoms with van der Waals surface area (Å²) >= 11 is 6.05. The smallest absolute Gasteiger partial charge is 0.270 e. The lowest BCUT2D eigenvalue weighted by Gasteiger charge is -2.32. The summed E-state index contributed by atoms with van der Waals surface area (Å²) in [4.78, 5) is 24.6. The molecule has 0 saturated carbocycles. The number of piperidine rings is 1. The minimum absolute atomic E-state index is 0.0971. The number of non-ortho nitro benzene ring substituents is 1. The van der Waals surface area contributed by atoms with E-state index in [0.29, 0.717) is 19.0 Å². The third-order valence-corrected chi connectivity index (χ3v) is 4.85. The molecule has 130 valence electrons. The van der Waals surface area contributed by atoms with E-state index in [-0.39, 0.29) is 27.9 Å². The van der Waals surface area contributed by atoms with E-state index in [1.54, 1.807) is 17.0 Å². The van der Waals surface area contributed by atoms with Crippen LogP contribution in [-0.4, -0.2) is 33.9 Å². The van der Waals surface area contributed by atoms with Crippen molar-refractivity contribution in [3.63, 3.8) is 0 Å². The van der Waals surface area contributed by atoms with Crippen molar-refractivity contribution in [3.05, 3.63) is 68.7 Å². The highest BCUT2D eigenvalue weighted by atomic mass is 35.5. The van der Waals surface area contributed by atoms with Crippen LogP contribution in [0.3, 0.4) is 0 Å². The highest BCUT2D eigenvalue weighted by Gasteiger charge is 2.26. The van der Waals surface area contributed by atoms with Crippen molar-refractivity contribution in [2.45, 2.75) is 18.8 Å². The van der Waals surface area contributed by atoms with Gasteiger partial charge in [-0.15, -0.1) is 0 Å². The predicted octanol–water partition coefficient (Wildman–Crippen LogP) is 3.97. The van der Waals surface area contributed by atoms with Gasteiger partial charge in [-0.05, 0) is 42.5 Å². The topological polar surface area (TPSA) is 83.7 Å². The zero-order chi connectivity index (χ0) is 18.0. The van der Waals surface area contributed by atoms with E-state index in [0.717, 1.165) is 18.4 Å². The number of likely N-dealkylation sites (tertiary alicyclic amines) is 1. The predicted molar refractivity (Wildman–Crippen MR) is 94.1 cm³/mol. The summed E-state index contributed by atoms with van der Waals surface area (Å²) in [5, 5.41) is 20.2. The molecule has 0 unspecified atom stereocenters. The van der Waals surface area contributed by atoms with E-state index in [1.807, 2.05) is 12.1 Å². The van der Waals surface area contributed by atoms with E-state index in [4.69, 9.17) is 11.6 Å². The Morgan fingerprint density at radius 2 is 1.80 bits per heavy atom. The molecule has 1 aliphatic rings. The maximum absolute atomic E-state index is 12.6. The van der Waals surface area contributed by atoms with Gasteiger partial charge in [0.2, 0.25) is 0 Å². The van der Waals surface area contributed by atoms with Crippen molar-refractivity contribution >= 4 is 23.2 Å². The molecule has 6 nitrogen and oxygen atoms in total. The van der Waals surface area contributed by atoms with Gasteiger partial charge in [-0.25, -0.2) is 0 Å². The van der Waals surface area contributed by atoms with Crippen LogP contribution in [0.2, 0.25) is 5.02 Å². The average molecular weight is 361 g/mol. The first-order valence-electron chi connectivity index (χ1n) is 7.98. The second kappa shape index (κ2) is 7.11.